The molecule has 1 fully saturated rings. The number of aryl methyl sites for hydroxylation is 1. The van der Waals surface area contributed by atoms with Crippen LogP contribution in [0.2, 0.25) is 0 Å². The topological polar surface area (TPSA) is 17.1 Å². The van der Waals surface area contributed by atoms with Crippen LogP contribution < -0.4 is 0 Å². The normalized spacial score (nSPS) is 21.4. The molecule has 1 nitrogen and oxygen atoms in total. The van der Waals surface area contributed by atoms with E-state index in [2.05, 4.69) is 24.3 Å². The highest BCUT2D eigenvalue weighted by atomic mass is 16.1. The molecule has 2 rings (SSSR count). The van der Waals surface area contributed by atoms with Crippen LogP contribution in [0.4, 0.5) is 0 Å². The van der Waals surface area contributed by atoms with E-state index in [-0.39, 0.29) is 0 Å². The van der Waals surface area contributed by atoms with Crippen LogP contribution in [0.25, 0.3) is 0 Å². The van der Waals surface area contributed by atoms with Crippen molar-refractivity contribution in [2.24, 2.45) is 5.92 Å². The van der Waals surface area contributed by atoms with E-state index in [4.69, 9.17) is 0 Å². The molecule has 1 aromatic rings. The van der Waals surface area contributed by atoms with Gasteiger partial charge in [-0.2, -0.15) is 0 Å². The highest BCUT2D eigenvalue weighted by Gasteiger charge is 2.23. The van der Waals surface area contributed by atoms with Crippen molar-refractivity contribution in [1.29, 1.82) is 0 Å². The van der Waals surface area contributed by atoms with E-state index >= 15 is 0 Å². The molecular formula is C13H16O. The standard InChI is InChI=1S/C13H16O/c14-13-8-4-7-12(13)10-9-11-5-2-1-3-6-11/h1-3,5-6,12H,4,7-10H2. The summed E-state index contributed by atoms with van der Waals surface area (Å²) < 4.78 is 0. The minimum atomic E-state index is 0.357. The zero-order valence-corrected chi connectivity index (χ0v) is 8.41. The van der Waals surface area contributed by atoms with Gasteiger partial charge in [0.15, 0.2) is 0 Å². The summed E-state index contributed by atoms with van der Waals surface area (Å²) >= 11 is 0. The van der Waals surface area contributed by atoms with Gasteiger partial charge in [-0.05, 0) is 31.2 Å². The average molecular weight is 188 g/mol. The summed E-state index contributed by atoms with van der Waals surface area (Å²) in [4.78, 5) is 11.4. The quantitative estimate of drug-likeness (QED) is 0.712. The summed E-state index contributed by atoms with van der Waals surface area (Å²) in [5, 5.41) is 0. The van der Waals surface area contributed by atoms with Gasteiger partial charge in [-0.1, -0.05) is 30.3 Å². The van der Waals surface area contributed by atoms with Gasteiger partial charge in [0.05, 0.1) is 0 Å². The SMILES string of the molecule is O=C1CCCC1CCc1ccccc1. The first-order chi connectivity index (χ1) is 6.86. The van der Waals surface area contributed by atoms with Crippen LogP contribution in [0, 0.1) is 5.92 Å². The Morgan fingerprint density at radius 3 is 2.64 bits per heavy atom. The third-order valence-electron chi connectivity index (χ3n) is 3.06. The van der Waals surface area contributed by atoms with Gasteiger partial charge in [-0.25, -0.2) is 0 Å². The van der Waals surface area contributed by atoms with E-state index in [1.165, 1.54) is 5.56 Å². The van der Waals surface area contributed by atoms with Crippen LogP contribution in [0.1, 0.15) is 31.2 Å². The second kappa shape index (κ2) is 4.41. The Balaban J connectivity index is 1.85. The predicted octanol–water partition coefficient (Wildman–Crippen LogP) is 2.99. The molecule has 1 heteroatoms. The molecule has 74 valence electrons. The molecule has 0 spiro atoms. The molecule has 1 aliphatic carbocycles. The lowest BCUT2D eigenvalue weighted by molar-refractivity contribution is -0.120. The molecule has 0 aromatic heterocycles. The highest BCUT2D eigenvalue weighted by molar-refractivity contribution is 5.82. The Morgan fingerprint density at radius 1 is 1.21 bits per heavy atom. The number of carbonyl (C=O) groups excluding carboxylic acids is 1. The number of hydrogen-bond acceptors (Lipinski definition) is 1. The molecule has 1 aromatic carbocycles. The number of Topliss-reactive ketones (excluding diaryl/α,β-unsaturated/α-hetero) is 1. The third-order valence-corrected chi connectivity index (χ3v) is 3.06. The molecule has 0 heterocycles. The number of rotatable bonds is 3. The Morgan fingerprint density at radius 2 is 2.00 bits per heavy atom. The average Bonchev–Trinajstić information content (AvgIpc) is 2.63. The van der Waals surface area contributed by atoms with Gasteiger partial charge in [0.2, 0.25) is 0 Å². The van der Waals surface area contributed by atoms with Gasteiger partial charge in [0, 0.05) is 12.3 Å². The number of carbonyl (C=O) groups is 1. The Kier molecular flexibility index (Phi) is 2.97. The number of ketones is 1. The fourth-order valence-electron chi connectivity index (χ4n) is 2.18. The molecule has 14 heavy (non-hydrogen) atoms. The molecule has 1 saturated carbocycles. The lowest BCUT2D eigenvalue weighted by Crippen LogP contribution is -2.07. The zero-order chi connectivity index (χ0) is 9.80. The molecule has 0 N–H and O–H groups in total. The maximum Gasteiger partial charge on any atom is 0.135 e. The van der Waals surface area contributed by atoms with Crippen molar-refractivity contribution in [2.75, 3.05) is 0 Å². The summed E-state index contributed by atoms with van der Waals surface area (Å²) in [5.74, 6) is 0.844. The van der Waals surface area contributed by atoms with Crippen LogP contribution in [0.5, 0.6) is 0 Å². The van der Waals surface area contributed by atoms with Crippen molar-refractivity contribution in [3.8, 4) is 0 Å². The molecule has 0 bridgehead atoms. The summed E-state index contributed by atoms with van der Waals surface area (Å²) in [6.45, 7) is 0. The monoisotopic (exact) mass is 188 g/mol. The zero-order valence-electron chi connectivity index (χ0n) is 8.41. The Labute approximate surface area is 85.1 Å². The van der Waals surface area contributed by atoms with Gasteiger partial charge >= 0.3 is 0 Å². The number of hydrogen-bond donors (Lipinski definition) is 0. The van der Waals surface area contributed by atoms with Crippen molar-refractivity contribution in [2.45, 2.75) is 32.1 Å². The van der Waals surface area contributed by atoms with Crippen LogP contribution >= 0.6 is 0 Å². The molecular weight excluding hydrogens is 172 g/mol. The molecule has 1 aliphatic rings. The maximum atomic E-state index is 11.4. The van der Waals surface area contributed by atoms with E-state index < -0.39 is 0 Å². The number of benzene rings is 1. The van der Waals surface area contributed by atoms with E-state index in [1.807, 2.05) is 6.07 Å². The van der Waals surface area contributed by atoms with Crippen LogP contribution in [0.3, 0.4) is 0 Å². The lowest BCUT2D eigenvalue weighted by atomic mass is 9.97. The van der Waals surface area contributed by atoms with E-state index in [1.54, 1.807) is 0 Å². The highest BCUT2D eigenvalue weighted by Crippen LogP contribution is 2.25. The van der Waals surface area contributed by atoms with Gasteiger partial charge in [-0.15, -0.1) is 0 Å². The molecule has 0 amide bonds. The van der Waals surface area contributed by atoms with E-state index in [9.17, 15) is 4.79 Å². The largest absolute Gasteiger partial charge is 0.299 e. The van der Waals surface area contributed by atoms with Crippen LogP contribution in [0.15, 0.2) is 30.3 Å². The van der Waals surface area contributed by atoms with Gasteiger partial charge in [0.1, 0.15) is 5.78 Å². The smallest absolute Gasteiger partial charge is 0.135 e. The lowest BCUT2D eigenvalue weighted by Gasteiger charge is -2.06. The summed E-state index contributed by atoms with van der Waals surface area (Å²) in [5.41, 5.74) is 1.35. The van der Waals surface area contributed by atoms with Crippen LogP contribution in [-0.2, 0) is 11.2 Å². The molecule has 0 aliphatic heterocycles. The Bertz CT molecular complexity index is 302. The maximum absolute atomic E-state index is 11.4. The summed E-state index contributed by atoms with van der Waals surface area (Å²) in [7, 11) is 0. The van der Waals surface area contributed by atoms with Gasteiger partial charge in [0.25, 0.3) is 0 Å². The second-order valence-electron chi connectivity index (χ2n) is 4.08. The van der Waals surface area contributed by atoms with E-state index in [0.29, 0.717) is 11.7 Å². The fraction of sp³-hybridized carbons (Fsp3) is 0.462. The first-order valence-corrected chi connectivity index (χ1v) is 5.43. The van der Waals surface area contributed by atoms with Crippen molar-refractivity contribution in [1.82, 2.24) is 0 Å². The van der Waals surface area contributed by atoms with Gasteiger partial charge in [-0.3, -0.25) is 4.79 Å². The van der Waals surface area contributed by atoms with Gasteiger partial charge < -0.3 is 0 Å². The Hall–Kier alpha value is -1.11. The minimum Gasteiger partial charge on any atom is -0.299 e. The summed E-state index contributed by atoms with van der Waals surface area (Å²) in [6.07, 6.45) is 5.14. The van der Waals surface area contributed by atoms with Crippen molar-refractivity contribution in [3.63, 3.8) is 0 Å². The minimum absolute atomic E-state index is 0.357. The fourth-order valence-corrected chi connectivity index (χ4v) is 2.18. The first-order valence-electron chi connectivity index (χ1n) is 5.43. The van der Waals surface area contributed by atoms with Crippen molar-refractivity contribution < 1.29 is 4.79 Å². The third kappa shape index (κ3) is 2.22. The summed E-state index contributed by atoms with van der Waals surface area (Å²) in [6, 6.07) is 10.4. The molecule has 0 saturated heterocycles. The van der Waals surface area contributed by atoms with Crippen LogP contribution in [-0.4, -0.2) is 5.78 Å². The molecule has 1 atom stereocenters. The second-order valence-corrected chi connectivity index (χ2v) is 4.08. The van der Waals surface area contributed by atoms with E-state index in [0.717, 1.165) is 32.1 Å². The molecule has 1 unspecified atom stereocenters. The predicted molar refractivity (Wildman–Crippen MR) is 57.1 cm³/mol. The van der Waals surface area contributed by atoms with Crippen molar-refractivity contribution in [3.05, 3.63) is 35.9 Å². The van der Waals surface area contributed by atoms with Crippen molar-refractivity contribution >= 4 is 5.78 Å². The first kappa shape index (κ1) is 9.45. The molecule has 0 radical (unpaired) electrons.